The van der Waals surface area contributed by atoms with Gasteiger partial charge in [-0.15, -0.1) is 0 Å². The van der Waals surface area contributed by atoms with Crippen LogP contribution in [0.3, 0.4) is 0 Å². The van der Waals surface area contributed by atoms with Gasteiger partial charge in [0.1, 0.15) is 10.6 Å². The average molecular weight is 284 g/mol. The number of aliphatic hydroxyl groups is 1. The summed E-state index contributed by atoms with van der Waals surface area (Å²) >= 11 is 0. The molecule has 5 heteroatoms. The predicted octanol–water partition coefficient (Wildman–Crippen LogP) is 1.97. The largest absolute Gasteiger partial charge is 0.495 e. The van der Waals surface area contributed by atoms with Gasteiger partial charge in [-0.1, -0.05) is 19.4 Å². The lowest BCUT2D eigenvalue weighted by atomic mass is 9.66. The van der Waals surface area contributed by atoms with Crippen molar-refractivity contribution in [3.8, 4) is 5.75 Å². The van der Waals surface area contributed by atoms with Crippen LogP contribution < -0.4 is 4.74 Å². The molecular formula is C14H20O4S. The second-order valence-electron chi connectivity index (χ2n) is 5.16. The monoisotopic (exact) mass is 284 g/mol. The predicted molar refractivity (Wildman–Crippen MR) is 73.2 cm³/mol. The average Bonchev–Trinajstić information content (AvgIpc) is 2.34. The number of benzene rings is 1. The highest BCUT2D eigenvalue weighted by Gasteiger charge is 2.39. The fourth-order valence-corrected chi connectivity index (χ4v) is 3.67. The summed E-state index contributed by atoms with van der Waals surface area (Å²) in [5.74, 6) is 0.938. The summed E-state index contributed by atoms with van der Waals surface area (Å²) in [6.07, 6.45) is 2.59. The highest BCUT2D eigenvalue weighted by atomic mass is 32.2. The van der Waals surface area contributed by atoms with E-state index in [9.17, 15) is 13.5 Å². The molecule has 0 radical (unpaired) electrons. The van der Waals surface area contributed by atoms with Gasteiger partial charge in [0.15, 0.2) is 9.84 Å². The van der Waals surface area contributed by atoms with Gasteiger partial charge in [0.25, 0.3) is 0 Å². The maximum Gasteiger partial charge on any atom is 0.179 e. The van der Waals surface area contributed by atoms with Crippen LogP contribution >= 0.6 is 0 Å². The van der Waals surface area contributed by atoms with Crippen LogP contribution in [0.5, 0.6) is 5.75 Å². The highest BCUT2D eigenvalue weighted by molar-refractivity contribution is 7.90. The third kappa shape index (κ3) is 2.62. The summed E-state index contributed by atoms with van der Waals surface area (Å²) in [5.41, 5.74) is 1.04. The Morgan fingerprint density at radius 1 is 1.42 bits per heavy atom. The quantitative estimate of drug-likeness (QED) is 0.918. The van der Waals surface area contributed by atoms with E-state index >= 15 is 0 Å². The Bertz CT molecular complexity index is 565. The van der Waals surface area contributed by atoms with Crippen LogP contribution in [-0.4, -0.2) is 33.0 Å². The molecule has 4 nitrogen and oxygen atoms in total. The first-order valence-corrected chi connectivity index (χ1v) is 8.33. The van der Waals surface area contributed by atoms with Crippen LogP contribution in [-0.2, 0) is 9.84 Å². The maximum absolute atomic E-state index is 11.6. The summed E-state index contributed by atoms with van der Waals surface area (Å²) < 4.78 is 28.4. The summed E-state index contributed by atoms with van der Waals surface area (Å²) in [6, 6.07) is 5.22. The summed E-state index contributed by atoms with van der Waals surface area (Å²) in [6.45, 7) is 2.06. The summed E-state index contributed by atoms with van der Waals surface area (Å²) in [7, 11) is -1.81. The van der Waals surface area contributed by atoms with Crippen molar-refractivity contribution in [2.24, 2.45) is 5.92 Å². The molecule has 1 fully saturated rings. The second-order valence-corrected chi connectivity index (χ2v) is 7.15. The third-order valence-electron chi connectivity index (χ3n) is 3.99. The van der Waals surface area contributed by atoms with E-state index in [2.05, 4.69) is 6.92 Å². The van der Waals surface area contributed by atoms with Crippen LogP contribution in [0.1, 0.15) is 31.2 Å². The molecule has 0 amide bonds. The zero-order valence-corrected chi connectivity index (χ0v) is 12.3. The molecule has 0 aliphatic heterocycles. The minimum Gasteiger partial charge on any atom is -0.495 e. The van der Waals surface area contributed by atoms with E-state index in [4.69, 9.17) is 4.74 Å². The van der Waals surface area contributed by atoms with E-state index in [0.717, 1.165) is 18.4 Å². The first kappa shape index (κ1) is 14.3. The minimum absolute atomic E-state index is 0.215. The molecule has 2 rings (SSSR count). The van der Waals surface area contributed by atoms with Gasteiger partial charge in [0, 0.05) is 6.26 Å². The van der Waals surface area contributed by atoms with E-state index in [1.165, 1.54) is 13.4 Å². The number of rotatable bonds is 4. The SMILES string of the molecule is CCC1C(O)CC1c1ccc(S(C)(=O)=O)c(OC)c1. The van der Waals surface area contributed by atoms with Crippen molar-refractivity contribution in [1.82, 2.24) is 0 Å². The zero-order chi connectivity index (χ0) is 14.2. The Hall–Kier alpha value is -1.07. The Labute approximate surface area is 114 Å². The lowest BCUT2D eigenvalue weighted by Crippen LogP contribution is -2.39. The molecule has 3 unspecified atom stereocenters. The number of hydrogen-bond acceptors (Lipinski definition) is 4. The molecule has 3 atom stereocenters. The molecule has 106 valence electrons. The molecule has 1 aliphatic rings. The van der Waals surface area contributed by atoms with Gasteiger partial charge < -0.3 is 9.84 Å². The van der Waals surface area contributed by atoms with Crippen LogP contribution in [0.4, 0.5) is 0 Å². The molecule has 0 aromatic heterocycles. The van der Waals surface area contributed by atoms with E-state index in [-0.39, 0.29) is 16.9 Å². The molecule has 1 aromatic carbocycles. The molecule has 1 N–H and O–H groups in total. The van der Waals surface area contributed by atoms with Gasteiger partial charge in [-0.05, 0) is 36.0 Å². The normalized spacial score (nSPS) is 26.8. The summed E-state index contributed by atoms with van der Waals surface area (Å²) in [4.78, 5) is 0.215. The second kappa shape index (κ2) is 5.13. The smallest absolute Gasteiger partial charge is 0.179 e. The molecule has 0 heterocycles. The van der Waals surface area contributed by atoms with Crippen molar-refractivity contribution in [2.75, 3.05) is 13.4 Å². The van der Waals surface area contributed by atoms with Crippen molar-refractivity contribution < 1.29 is 18.3 Å². The zero-order valence-electron chi connectivity index (χ0n) is 11.5. The van der Waals surface area contributed by atoms with Crippen molar-refractivity contribution in [3.63, 3.8) is 0 Å². The van der Waals surface area contributed by atoms with Crippen LogP contribution in [0.25, 0.3) is 0 Å². The van der Waals surface area contributed by atoms with Crippen LogP contribution in [0.15, 0.2) is 23.1 Å². The van der Waals surface area contributed by atoms with Crippen molar-refractivity contribution >= 4 is 9.84 Å². The first-order chi connectivity index (χ1) is 8.88. The molecule has 1 aliphatic carbocycles. The maximum atomic E-state index is 11.6. The molecule has 0 saturated heterocycles. The molecule has 0 spiro atoms. The highest BCUT2D eigenvalue weighted by Crippen LogP contribution is 2.45. The number of sulfone groups is 1. The van der Waals surface area contributed by atoms with Crippen molar-refractivity contribution in [3.05, 3.63) is 23.8 Å². The Kier molecular flexibility index (Phi) is 3.87. The summed E-state index contributed by atoms with van der Waals surface area (Å²) in [5, 5.41) is 9.72. The number of ether oxygens (including phenoxy) is 1. The fraction of sp³-hybridized carbons (Fsp3) is 0.571. The Balaban J connectivity index is 2.35. The van der Waals surface area contributed by atoms with Gasteiger partial charge in [0.05, 0.1) is 13.2 Å². The third-order valence-corrected chi connectivity index (χ3v) is 5.13. The van der Waals surface area contributed by atoms with Crippen LogP contribution in [0.2, 0.25) is 0 Å². The molecule has 19 heavy (non-hydrogen) atoms. The van der Waals surface area contributed by atoms with E-state index in [1.807, 2.05) is 6.07 Å². The van der Waals surface area contributed by atoms with E-state index < -0.39 is 9.84 Å². The van der Waals surface area contributed by atoms with Gasteiger partial charge in [-0.2, -0.15) is 0 Å². The Morgan fingerprint density at radius 2 is 2.11 bits per heavy atom. The number of hydrogen-bond donors (Lipinski definition) is 1. The van der Waals surface area contributed by atoms with Gasteiger partial charge in [-0.3, -0.25) is 0 Å². The lowest BCUT2D eigenvalue weighted by Gasteiger charge is -2.41. The number of aliphatic hydroxyl groups excluding tert-OH is 1. The van der Waals surface area contributed by atoms with Gasteiger partial charge in [0.2, 0.25) is 0 Å². The lowest BCUT2D eigenvalue weighted by molar-refractivity contribution is -0.000809. The molecule has 0 bridgehead atoms. The van der Waals surface area contributed by atoms with Crippen molar-refractivity contribution in [2.45, 2.75) is 36.7 Å². The molecule has 1 saturated carbocycles. The standard InChI is InChI=1S/C14H20O4S/c1-4-10-11(8-12(10)15)9-5-6-14(19(3,16)17)13(7-9)18-2/h5-7,10-12,15H,4,8H2,1-3H3. The Morgan fingerprint density at radius 3 is 2.58 bits per heavy atom. The van der Waals surface area contributed by atoms with Crippen LogP contribution in [0, 0.1) is 5.92 Å². The van der Waals surface area contributed by atoms with E-state index in [0.29, 0.717) is 11.7 Å². The molecular weight excluding hydrogens is 264 g/mol. The van der Waals surface area contributed by atoms with Crippen molar-refractivity contribution in [1.29, 1.82) is 0 Å². The van der Waals surface area contributed by atoms with E-state index in [1.54, 1.807) is 12.1 Å². The molecule has 1 aromatic rings. The topological polar surface area (TPSA) is 63.6 Å². The minimum atomic E-state index is -3.28. The first-order valence-electron chi connectivity index (χ1n) is 6.44. The fourth-order valence-electron chi connectivity index (χ4n) is 2.84. The number of methoxy groups -OCH3 is 1. The van der Waals surface area contributed by atoms with Gasteiger partial charge in [-0.25, -0.2) is 8.42 Å². The van der Waals surface area contributed by atoms with Gasteiger partial charge >= 0.3 is 0 Å².